The first kappa shape index (κ1) is 30.8. The Bertz CT molecular complexity index is 1210. The van der Waals surface area contributed by atoms with Crippen molar-refractivity contribution in [2.75, 3.05) is 43.1 Å². The van der Waals surface area contributed by atoms with Gasteiger partial charge in [0.15, 0.2) is 0 Å². The van der Waals surface area contributed by atoms with Gasteiger partial charge in [-0.05, 0) is 91.0 Å². The molecule has 2 saturated heterocycles. The molecule has 3 aliphatic rings. The van der Waals surface area contributed by atoms with E-state index in [0.717, 1.165) is 18.7 Å². The Kier molecular flexibility index (Phi) is 11.0. The molecule has 0 amide bonds. The minimum Gasteiger partial charge on any atom is -0.481 e. The van der Waals surface area contributed by atoms with Crippen LogP contribution >= 0.6 is 0 Å². The van der Waals surface area contributed by atoms with Crippen molar-refractivity contribution in [3.8, 4) is 5.88 Å². The van der Waals surface area contributed by atoms with Gasteiger partial charge in [0.2, 0.25) is 5.88 Å². The number of anilines is 2. The number of aryl methyl sites for hydroxylation is 1. The van der Waals surface area contributed by atoms with Gasteiger partial charge in [0.25, 0.3) is 0 Å². The summed E-state index contributed by atoms with van der Waals surface area (Å²) in [7, 11) is 1.64. The second-order valence-electron chi connectivity index (χ2n) is 12.6. The Balaban J connectivity index is 0.000000145. The van der Waals surface area contributed by atoms with E-state index < -0.39 is 0 Å². The number of aromatic nitrogens is 3. The van der Waals surface area contributed by atoms with Crippen molar-refractivity contribution in [1.82, 2.24) is 15.0 Å². The third kappa shape index (κ3) is 8.43. The van der Waals surface area contributed by atoms with Gasteiger partial charge in [0, 0.05) is 56.3 Å². The largest absolute Gasteiger partial charge is 0.481 e. The van der Waals surface area contributed by atoms with E-state index in [1.54, 1.807) is 13.3 Å². The molecule has 3 aromatic heterocycles. The molecule has 3 aromatic rings. The van der Waals surface area contributed by atoms with Crippen LogP contribution in [0.1, 0.15) is 102 Å². The first-order valence-electron chi connectivity index (χ1n) is 15.7. The van der Waals surface area contributed by atoms with Crippen LogP contribution in [0.3, 0.4) is 0 Å². The molecular formula is C35H51N5O. The highest BCUT2D eigenvalue weighted by atomic mass is 16.5. The fourth-order valence-electron chi connectivity index (χ4n) is 5.80. The van der Waals surface area contributed by atoms with Crippen LogP contribution in [0.25, 0.3) is 0 Å². The number of hydrogen-bond donors (Lipinski definition) is 0. The van der Waals surface area contributed by atoms with Crippen molar-refractivity contribution in [2.45, 2.75) is 91.4 Å². The highest BCUT2D eigenvalue weighted by molar-refractivity contribution is 5.46. The van der Waals surface area contributed by atoms with Gasteiger partial charge in [0.05, 0.1) is 7.11 Å². The molecule has 1 aliphatic carbocycles. The molecule has 3 fully saturated rings. The van der Waals surface area contributed by atoms with Crippen LogP contribution in [0.5, 0.6) is 5.88 Å². The fourth-order valence-corrected chi connectivity index (χ4v) is 5.80. The van der Waals surface area contributed by atoms with Crippen molar-refractivity contribution >= 4 is 11.6 Å². The smallest absolute Gasteiger partial charge is 0.213 e. The van der Waals surface area contributed by atoms with Crippen LogP contribution < -0.4 is 14.5 Å². The standard InChI is InChI=1S/C14H20N2.C12H18N2.C9H13NO/c1-11(2)12-4-7-15-13(8-12)16-9-14(10-16)5-3-6-14;1-10(2)11-5-6-13-12(9-11)14-7-3-4-8-14;1-3-4-8-5-6-10-9(7-8)11-2/h4,7-8,11H,3,5-6,9-10H2,1-2H3;5-6,9-10H,3-4,7-8H2,1-2H3;5-7H,3-4H2,1-2H3. The van der Waals surface area contributed by atoms with Crippen LogP contribution in [0, 0.1) is 5.41 Å². The number of hydrogen-bond acceptors (Lipinski definition) is 6. The number of rotatable bonds is 7. The Morgan fingerprint density at radius 3 is 1.80 bits per heavy atom. The molecule has 0 aromatic carbocycles. The summed E-state index contributed by atoms with van der Waals surface area (Å²) in [6, 6.07) is 12.7. The molecule has 6 rings (SSSR count). The summed E-state index contributed by atoms with van der Waals surface area (Å²) in [4.78, 5) is 17.8. The maximum atomic E-state index is 4.99. The monoisotopic (exact) mass is 557 g/mol. The Hall–Kier alpha value is -3.15. The Labute approximate surface area is 248 Å². The minimum absolute atomic E-state index is 0.597. The van der Waals surface area contributed by atoms with Gasteiger partial charge in [-0.15, -0.1) is 0 Å². The topological polar surface area (TPSA) is 54.4 Å². The maximum Gasteiger partial charge on any atom is 0.213 e. The van der Waals surface area contributed by atoms with Gasteiger partial charge < -0.3 is 14.5 Å². The lowest BCUT2D eigenvalue weighted by Crippen LogP contribution is -2.60. The number of pyridine rings is 3. The molecule has 6 nitrogen and oxygen atoms in total. The van der Waals surface area contributed by atoms with Crippen molar-refractivity contribution in [3.05, 3.63) is 71.7 Å². The van der Waals surface area contributed by atoms with E-state index in [1.165, 1.54) is 80.8 Å². The second kappa shape index (κ2) is 14.7. The quantitative estimate of drug-likeness (QED) is 0.293. The normalized spacial score (nSPS) is 16.9. The van der Waals surface area contributed by atoms with E-state index in [-0.39, 0.29) is 0 Å². The zero-order chi connectivity index (χ0) is 29.2. The molecule has 1 spiro atoms. The summed E-state index contributed by atoms with van der Waals surface area (Å²) in [6.45, 7) is 15.9. The number of ether oxygens (including phenoxy) is 1. The van der Waals surface area contributed by atoms with E-state index in [0.29, 0.717) is 23.1 Å². The first-order chi connectivity index (χ1) is 19.8. The molecule has 1 saturated carbocycles. The predicted octanol–water partition coefficient (Wildman–Crippen LogP) is 8.04. The van der Waals surface area contributed by atoms with Gasteiger partial charge in [-0.25, -0.2) is 15.0 Å². The molecule has 6 heteroatoms. The zero-order valence-electron chi connectivity index (χ0n) is 26.3. The zero-order valence-corrected chi connectivity index (χ0v) is 26.3. The van der Waals surface area contributed by atoms with Crippen molar-refractivity contribution < 1.29 is 4.74 Å². The van der Waals surface area contributed by atoms with Gasteiger partial charge in [-0.1, -0.05) is 47.5 Å². The van der Waals surface area contributed by atoms with Crippen molar-refractivity contribution in [2.24, 2.45) is 5.41 Å². The highest BCUT2D eigenvalue weighted by Gasteiger charge is 2.47. The third-order valence-electron chi connectivity index (χ3n) is 8.64. The highest BCUT2D eigenvalue weighted by Crippen LogP contribution is 2.49. The predicted molar refractivity (Wildman–Crippen MR) is 171 cm³/mol. The third-order valence-corrected chi connectivity index (χ3v) is 8.64. The van der Waals surface area contributed by atoms with Gasteiger partial charge >= 0.3 is 0 Å². The molecule has 5 heterocycles. The average molecular weight is 558 g/mol. The minimum atomic E-state index is 0.597. The summed E-state index contributed by atoms with van der Waals surface area (Å²) in [5, 5.41) is 0. The van der Waals surface area contributed by atoms with E-state index in [9.17, 15) is 0 Å². The van der Waals surface area contributed by atoms with Crippen LogP contribution in [-0.4, -0.2) is 48.2 Å². The lowest BCUT2D eigenvalue weighted by molar-refractivity contribution is 0.0896. The lowest BCUT2D eigenvalue weighted by atomic mass is 9.63. The number of nitrogens with zero attached hydrogens (tertiary/aromatic N) is 5. The molecule has 0 N–H and O–H groups in total. The van der Waals surface area contributed by atoms with Crippen LogP contribution in [-0.2, 0) is 6.42 Å². The maximum absolute atomic E-state index is 4.99. The van der Waals surface area contributed by atoms with Gasteiger partial charge in [0.1, 0.15) is 11.6 Å². The molecule has 222 valence electrons. The molecule has 2 aliphatic heterocycles. The molecular weight excluding hydrogens is 506 g/mol. The van der Waals surface area contributed by atoms with Crippen molar-refractivity contribution in [1.29, 1.82) is 0 Å². The van der Waals surface area contributed by atoms with E-state index in [4.69, 9.17) is 4.74 Å². The first-order valence-corrected chi connectivity index (χ1v) is 15.7. The van der Waals surface area contributed by atoms with Crippen molar-refractivity contribution in [3.63, 3.8) is 0 Å². The fraction of sp³-hybridized carbons (Fsp3) is 0.571. The summed E-state index contributed by atoms with van der Waals surface area (Å²) in [5.74, 6) is 4.24. The van der Waals surface area contributed by atoms with E-state index in [1.807, 2.05) is 24.5 Å². The molecule has 0 unspecified atom stereocenters. The summed E-state index contributed by atoms with van der Waals surface area (Å²) in [5.41, 5.74) is 4.77. The second-order valence-corrected chi connectivity index (χ2v) is 12.6. The summed E-state index contributed by atoms with van der Waals surface area (Å²) in [6.07, 6.45) is 14.9. The number of methoxy groups -OCH3 is 1. The molecule has 41 heavy (non-hydrogen) atoms. The molecule has 0 radical (unpaired) electrons. The van der Waals surface area contributed by atoms with Crippen LogP contribution in [0.15, 0.2) is 55.0 Å². The van der Waals surface area contributed by atoms with Gasteiger partial charge in [-0.3, -0.25) is 0 Å². The SMILES string of the molecule is CC(C)c1ccnc(N2CC3(CCC3)C2)c1.CC(C)c1ccnc(N2CCCC2)c1.CCCc1ccnc(OC)c1. The van der Waals surface area contributed by atoms with Crippen LogP contribution in [0.4, 0.5) is 11.6 Å². The van der Waals surface area contributed by atoms with E-state index in [2.05, 4.69) is 83.6 Å². The molecule has 0 atom stereocenters. The molecule has 0 bridgehead atoms. The summed E-state index contributed by atoms with van der Waals surface area (Å²) >= 11 is 0. The summed E-state index contributed by atoms with van der Waals surface area (Å²) < 4.78 is 4.99. The van der Waals surface area contributed by atoms with E-state index >= 15 is 0 Å². The average Bonchev–Trinajstić information content (AvgIpc) is 3.48. The Morgan fingerprint density at radius 1 is 0.756 bits per heavy atom. The van der Waals surface area contributed by atoms with Crippen LogP contribution in [0.2, 0.25) is 0 Å². The Morgan fingerprint density at radius 2 is 1.32 bits per heavy atom. The lowest BCUT2D eigenvalue weighted by Gasteiger charge is -2.56. The van der Waals surface area contributed by atoms with Gasteiger partial charge in [-0.2, -0.15) is 0 Å².